The lowest BCUT2D eigenvalue weighted by molar-refractivity contribution is 0.385. The van der Waals surface area contributed by atoms with Crippen LogP contribution in [0, 0.1) is 11.7 Å². The number of halogens is 1. The first kappa shape index (κ1) is 15.0. The average molecular weight is 299 g/mol. The molecule has 0 aliphatic heterocycles. The zero-order valence-corrected chi connectivity index (χ0v) is 13.1. The Morgan fingerprint density at radius 1 is 1.23 bits per heavy atom. The van der Waals surface area contributed by atoms with E-state index >= 15 is 0 Å². The number of hydrogen-bond acceptors (Lipinski definition) is 2. The second kappa shape index (κ2) is 6.49. The predicted octanol–water partition coefficient (Wildman–Crippen LogP) is 3.55. The van der Waals surface area contributed by atoms with Gasteiger partial charge in [0.2, 0.25) is 0 Å². The van der Waals surface area contributed by atoms with E-state index < -0.39 is 0 Å². The van der Waals surface area contributed by atoms with Gasteiger partial charge in [0.1, 0.15) is 0 Å². The Bertz CT molecular complexity index is 641. The Morgan fingerprint density at radius 2 is 2.00 bits per heavy atom. The van der Waals surface area contributed by atoms with Gasteiger partial charge in [-0.05, 0) is 67.1 Å². The molecule has 0 radical (unpaired) electrons. The van der Waals surface area contributed by atoms with E-state index in [0.717, 1.165) is 24.9 Å². The molecule has 0 saturated heterocycles. The van der Waals surface area contributed by atoms with Crippen molar-refractivity contribution in [3.05, 3.63) is 65.0 Å². The number of methoxy groups -OCH3 is 1. The fraction of sp³-hybridized carbons (Fsp3) is 0.368. The first-order chi connectivity index (χ1) is 10.7. The number of benzene rings is 2. The van der Waals surface area contributed by atoms with Gasteiger partial charge < -0.3 is 10.1 Å². The zero-order valence-electron chi connectivity index (χ0n) is 13.1. The Labute approximate surface area is 131 Å². The van der Waals surface area contributed by atoms with E-state index in [9.17, 15) is 4.39 Å². The molecule has 1 aliphatic carbocycles. The van der Waals surface area contributed by atoms with Gasteiger partial charge in [0.05, 0.1) is 7.11 Å². The summed E-state index contributed by atoms with van der Waals surface area (Å²) in [4.78, 5) is 0. The van der Waals surface area contributed by atoms with Gasteiger partial charge in [-0.15, -0.1) is 0 Å². The zero-order chi connectivity index (χ0) is 15.5. The lowest BCUT2D eigenvalue weighted by Gasteiger charge is -2.20. The molecular formula is C19H22FNO. The van der Waals surface area contributed by atoms with Crippen LogP contribution in [0.15, 0.2) is 42.5 Å². The summed E-state index contributed by atoms with van der Waals surface area (Å²) in [6.45, 7) is 0.941. The maximum Gasteiger partial charge on any atom is 0.165 e. The van der Waals surface area contributed by atoms with E-state index in [1.54, 1.807) is 6.07 Å². The maximum atomic E-state index is 14.0. The molecule has 0 saturated carbocycles. The summed E-state index contributed by atoms with van der Waals surface area (Å²) in [5.41, 5.74) is 3.69. The van der Waals surface area contributed by atoms with Crippen LogP contribution in [0.4, 0.5) is 4.39 Å². The second-order valence-electron chi connectivity index (χ2n) is 6.00. The van der Waals surface area contributed by atoms with E-state index in [1.807, 2.05) is 19.2 Å². The quantitative estimate of drug-likeness (QED) is 0.911. The van der Waals surface area contributed by atoms with Crippen molar-refractivity contribution in [3.63, 3.8) is 0 Å². The van der Waals surface area contributed by atoms with Gasteiger partial charge in [-0.25, -0.2) is 4.39 Å². The van der Waals surface area contributed by atoms with Gasteiger partial charge in [-0.1, -0.05) is 30.3 Å². The van der Waals surface area contributed by atoms with Crippen molar-refractivity contribution in [2.24, 2.45) is 5.92 Å². The summed E-state index contributed by atoms with van der Waals surface area (Å²) in [6, 6.07) is 14.1. The molecule has 3 heteroatoms. The van der Waals surface area contributed by atoms with Gasteiger partial charge in [0.15, 0.2) is 11.6 Å². The summed E-state index contributed by atoms with van der Waals surface area (Å²) < 4.78 is 19.1. The lowest BCUT2D eigenvalue weighted by Crippen LogP contribution is -2.23. The predicted molar refractivity (Wildman–Crippen MR) is 87.0 cm³/mol. The number of ether oxygens (including phenoxy) is 1. The standard InChI is InChI=1S/C19H22FNO/c1-21-12-15-9-14-10-18(20)19(22-2)11-17(14)16(15)8-13-6-4-3-5-7-13/h3-7,10-11,15-16,21H,8-9,12H2,1-2H3. The Morgan fingerprint density at radius 3 is 2.68 bits per heavy atom. The van der Waals surface area contributed by atoms with Gasteiger partial charge in [-0.2, -0.15) is 0 Å². The van der Waals surface area contributed by atoms with E-state index in [0.29, 0.717) is 17.6 Å². The largest absolute Gasteiger partial charge is 0.494 e. The molecule has 116 valence electrons. The fourth-order valence-corrected chi connectivity index (χ4v) is 3.59. The lowest BCUT2D eigenvalue weighted by atomic mass is 9.86. The highest BCUT2D eigenvalue weighted by Gasteiger charge is 2.33. The molecule has 2 atom stereocenters. The molecule has 3 rings (SSSR count). The molecule has 2 nitrogen and oxygen atoms in total. The smallest absolute Gasteiger partial charge is 0.165 e. The normalized spacial score (nSPS) is 20.0. The average Bonchev–Trinajstić information content (AvgIpc) is 2.84. The monoisotopic (exact) mass is 299 g/mol. The van der Waals surface area contributed by atoms with E-state index in [1.165, 1.54) is 18.2 Å². The third-order valence-electron chi connectivity index (χ3n) is 4.63. The highest BCUT2D eigenvalue weighted by molar-refractivity contribution is 5.44. The molecule has 0 spiro atoms. The van der Waals surface area contributed by atoms with E-state index in [2.05, 4.69) is 29.6 Å². The highest BCUT2D eigenvalue weighted by Crippen LogP contribution is 2.42. The Hall–Kier alpha value is -1.87. The second-order valence-corrected chi connectivity index (χ2v) is 6.00. The van der Waals surface area contributed by atoms with Gasteiger partial charge in [-0.3, -0.25) is 0 Å². The van der Waals surface area contributed by atoms with Gasteiger partial charge in [0, 0.05) is 0 Å². The SMILES string of the molecule is CNCC1Cc2cc(F)c(OC)cc2C1Cc1ccccc1. The number of fused-ring (bicyclic) bond motifs is 1. The topological polar surface area (TPSA) is 21.3 Å². The van der Waals surface area contributed by atoms with Crippen molar-refractivity contribution in [2.75, 3.05) is 20.7 Å². The molecule has 0 heterocycles. The van der Waals surface area contributed by atoms with Crippen LogP contribution in [0.1, 0.15) is 22.6 Å². The van der Waals surface area contributed by atoms with Crippen molar-refractivity contribution < 1.29 is 9.13 Å². The van der Waals surface area contributed by atoms with Crippen LogP contribution in [0.5, 0.6) is 5.75 Å². The molecule has 0 aromatic heterocycles. The molecule has 2 unspecified atom stereocenters. The molecular weight excluding hydrogens is 277 g/mol. The van der Waals surface area contributed by atoms with Gasteiger partial charge >= 0.3 is 0 Å². The fourth-order valence-electron chi connectivity index (χ4n) is 3.59. The van der Waals surface area contributed by atoms with Gasteiger partial charge in [0.25, 0.3) is 0 Å². The molecule has 22 heavy (non-hydrogen) atoms. The third kappa shape index (κ3) is 2.86. The summed E-state index contributed by atoms with van der Waals surface area (Å²) >= 11 is 0. The number of rotatable bonds is 5. The van der Waals surface area contributed by atoms with Crippen LogP contribution in [0.25, 0.3) is 0 Å². The van der Waals surface area contributed by atoms with Crippen molar-refractivity contribution in [1.29, 1.82) is 0 Å². The van der Waals surface area contributed by atoms with Crippen LogP contribution in [-0.2, 0) is 12.8 Å². The first-order valence-electron chi connectivity index (χ1n) is 7.77. The highest BCUT2D eigenvalue weighted by atomic mass is 19.1. The van der Waals surface area contributed by atoms with Crippen LogP contribution in [-0.4, -0.2) is 20.7 Å². The summed E-state index contributed by atoms with van der Waals surface area (Å²) in [7, 11) is 3.50. The van der Waals surface area contributed by atoms with Crippen LogP contribution >= 0.6 is 0 Å². The molecule has 2 aromatic rings. The van der Waals surface area contributed by atoms with Crippen molar-refractivity contribution in [1.82, 2.24) is 5.32 Å². The number of hydrogen-bond donors (Lipinski definition) is 1. The van der Waals surface area contributed by atoms with Crippen molar-refractivity contribution >= 4 is 0 Å². The van der Waals surface area contributed by atoms with Crippen molar-refractivity contribution in [2.45, 2.75) is 18.8 Å². The van der Waals surface area contributed by atoms with Crippen LogP contribution in [0.2, 0.25) is 0 Å². The first-order valence-corrected chi connectivity index (χ1v) is 7.77. The summed E-state index contributed by atoms with van der Waals surface area (Å²) in [5, 5.41) is 3.28. The minimum Gasteiger partial charge on any atom is -0.494 e. The Balaban J connectivity index is 1.95. The minimum absolute atomic E-state index is 0.259. The van der Waals surface area contributed by atoms with E-state index in [4.69, 9.17) is 4.74 Å². The maximum absolute atomic E-state index is 14.0. The third-order valence-corrected chi connectivity index (χ3v) is 4.63. The molecule has 0 bridgehead atoms. The minimum atomic E-state index is -0.259. The summed E-state index contributed by atoms with van der Waals surface area (Å²) in [5.74, 6) is 0.984. The molecule has 1 aliphatic rings. The molecule has 1 N–H and O–H groups in total. The molecule has 0 fully saturated rings. The van der Waals surface area contributed by atoms with E-state index in [-0.39, 0.29) is 5.82 Å². The van der Waals surface area contributed by atoms with Crippen LogP contribution in [0.3, 0.4) is 0 Å². The molecule has 0 amide bonds. The van der Waals surface area contributed by atoms with Crippen LogP contribution < -0.4 is 10.1 Å². The summed E-state index contributed by atoms with van der Waals surface area (Å²) in [6.07, 6.45) is 1.91. The molecule has 2 aromatic carbocycles. The van der Waals surface area contributed by atoms with Crippen molar-refractivity contribution in [3.8, 4) is 5.75 Å². The number of nitrogens with one attached hydrogen (secondary N) is 1. The Kier molecular flexibility index (Phi) is 4.44.